The van der Waals surface area contributed by atoms with Gasteiger partial charge in [0.05, 0.1) is 69.0 Å². The average molecular weight is 1030 g/mol. The van der Waals surface area contributed by atoms with Gasteiger partial charge in [0.2, 0.25) is 23.7 Å². The third-order valence-electron chi connectivity index (χ3n) is 12.6. The van der Waals surface area contributed by atoms with Gasteiger partial charge in [0.1, 0.15) is 23.1 Å². The highest BCUT2D eigenvalue weighted by Gasteiger charge is 2.45. The van der Waals surface area contributed by atoms with Crippen molar-refractivity contribution in [3.8, 4) is 16.9 Å². The summed E-state index contributed by atoms with van der Waals surface area (Å²) in [6.45, 7) is 4.73. The summed E-state index contributed by atoms with van der Waals surface area (Å²) in [5, 5.41) is 20.8. The van der Waals surface area contributed by atoms with E-state index in [1.54, 1.807) is 36.2 Å². The number of primary amides is 1. The van der Waals surface area contributed by atoms with Crippen LogP contribution >= 0.6 is 11.6 Å². The number of nitrogens with two attached hydrogens (primary N) is 1. The Bertz CT molecular complexity index is 2900. The molecule has 0 radical (unpaired) electrons. The Hall–Kier alpha value is -7.24. The summed E-state index contributed by atoms with van der Waals surface area (Å²) < 4.78 is 39.3. The third kappa shape index (κ3) is 12.2. The molecule has 7 amide bonds. The molecule has 2 fully saturated rings. The quantitative estimate of drug-likeness (QED) is 0.0458. The van der Waals surface area contributed by atoms with Crippen molar-refractivity contribution in [3.05, 3.63) is 82.6 Å². The minimum absolute atomic E-state index is 0.0137. The minimum atomic E-state index is -1.04. The molecule has 8 rings (SSSR count). The molecule has 3 aliphatic rings. The summed E-state index contributed by atoms with van der Waals surface area (Å²) in [5.41, 5.74) is 6.79. The molecule has 1 atom stereocenters. The van der Waals surface area contributed by atoms with Gasteiger partial charge in [-0.3, -0.25) is 34.2 Å². The predicted molar refractivity (Wildman–Crippen MR) is 268 cm³/mol. The van der Waals surface area contributed by atoms with Crippen molar-refractivity contribution in [2.75, 3.05) is 121 Å². The number of benzene rings is 4. The number of likely N-dealkylation sites (N-methyl/N-ethyl adjacent to an activating group) is 1. The van der Waals surface area contributed by atoms with Crippen molar-refractivity contribution in [2.45, 2.75) is 25.3 Å². The zero-order valence-electron chi connectivity index (χ0n) is 40.1. The van der Waals surface area contributed by atoms with Gasteiger partial charge in [-0.25, -0.2) is 14.2 Å². The summed E-state index contributed by atoms with van der Waals surface area (Å²) in [4.78, 5) is 90.4. The normalized spacial score (nSPS) is 15.8. The van der Waals surface area contributed by atoms with Gasteiger partial charge in [-0.05, 0) is 53.1 Å². The molecule has 2 saturated heterocycles. The second-order valence-corrected chi connectivity index (χ2v) is 17.8. The van der Waals surface area contributed by atoms with Gasteiger partial charge < -0.3 is 55.1 Å². The van der Waals surface area contributed by atoms with Crippen LogP contribution in [0.2, 0.25) is 5.02 Å². The average Bonchev–Trinajstić information content (AvgIpc) is 3.63. The van der Waals surface area contributed by atoms with Gasteiger partial charge >= 0.3 is 6.03 Å². The number of hydrogen-bond donors (Lipinski definition) is 5. The molecule has 6 N–H and O–H groups in total. The molecule has 0 bridgehead atoms. The van der Waals surface area contributed by atoms with Gasteiger partial charge in [-0.2, -0.15) is 4.98 Å². The van der Waals surface area contributed by atoms with Crippen molar-refractivity contribution in [1.29, 1.82) is 0 Å². The van der Waals surface area contributed by atoms with Crippen LogP contribution in [0.3, 0.4) is 0 Å². The summed E-state index contributed by atoms with van der Waals surface area (Å²) in [6, 6.07) is 15.2. The second kappa shape index (κ2) is 24.0. The first-order valence-corrected chi connectivity index (χ1v) is 24.3. The Morgan fingerprint density at radius 1 is 0.822 bits per heavy atom. The van der Waals surface area contributed by atoms with E-state index in [0.29, 0.717) is 119 Å². The van der Waals surface area contributed by atoms with Gasteiger partial charge in [-0.15, -0.1) is 0 Å². The number of amides is 7. The number of aromatic hydroxyl groups is 1. The molecule has 5 aromatic rings. The van der Waals surface area contributed by atoms with E-state index < -0.39 is 41.5 Å². The molecule has 4 aromatic carbocycles. The molecule has 1 aromatic heterocycles. The summed E-state index contributed by atoms with van der Waals surface area (Å²) >= 11 is 6.84. The minimum Gasteiger partial charge on any atom is -0.508 e. The molecule has 0 spiro atoms. The Labute approximate surface area is 424 Å². The van der Waals surface area contributed by atoms with Crippen LogP contribution in [-0.4, -0.2) is 177 Å². The monoisotopic (exact) mass is 1030 g/mol. The second-order valence-electron chi connectivity index (χ2n) is 17.4. The Balaban J connectivity index is 0.721. The number of halogens is 2. The number of ether oxygens (including phenoxy) is 4. The van der Waals surface area contributed by atoms with Gasteiger partial charge in [-0.1, -0.05) is 41.9 Å². The van der Waals surface area contributed by atoms with Crippen LogP contribution in [0, 0.1) is 5.82 Å². The predicted octanol–water partition coefficient (Wildman–Crippen LogP) is 3.99. The Kier molecular flexibility index (Phi) is 17.1. The van der Waals surface area contributed by atoms with E-state index in [1.165, 1.54) is 17.0 Å². The van der Waals surface area contributed by atoms with Crippen molar-refractivity contribution >= 4 is 86.3 Å². The van der Waals surface area contributed by atoms with Crippen molar-refractivity contribution in [3.63, 3.8) is 0 Å². The van der Waals surface area contributed by atoms with Crippen LogP contribution in [0.1, 0.15) is 40.0 Å². The molecule has 3 aliphatic heterocycles. The lowest BCUT2D eigenvalue weighted by atomic mass is 9.96. The number of urea groups is 1. The van der Waals surface area contributed by atoms with Gasteiger partial charge in [0.15, 0.2) is 5.82 Å². The number of phenols is 1. The number of aromatic nitrogens is 2. The maximum absolute atomic E-state index is 16.9. The van der Waals surface area contributed by atoms with Crippen molar-refractivity contribution in [1.82, 2.24) is 30.0 Å². The van der Waals surface area contributed by atoms with Crippen LogP contribution in [0.4, 0.5) is 26.6 Å². The SMILES string of the molecule is CN(CCOCCOCCOCCOCCNc1cccc2c1C(=O)N(C1CCC(=O)NC1=O)C2=O)C(=O)CCNc1nc(N2CCN(C(N)=O)CC2)c2cc(Cl)c(-c3cc(O)cc4ccccc34)c(F)c2n1. The molecule has 21 nitrogen and oxygen atoms in total. The number of fused-ring (bicyclic) bond motifs is 3. The van der Waals surface area contributed by atoms with Gasteiger partial charge in [0, 0.05) is 82.3 Å². The van der Waals surface area contributed by atoms with E-state index in [1.807, 2.05) is 29.2 Å². The number of piperazine rings is 1. The fraction of sp³-hybridized carbons (Fsp3) is 0.400. The Morgan fingerprint density at radius 3 is 2.23 bits per heavy atom. The molecule has 386 valence electrons. The van der Waals surface area contributed by atoms with Gasteiger partial charge in [0.25, 0.3) is 11.8 Å². The van der Waals surface area contributed by atoms with E-state index in [9.17, 15) is 33.9 Å². The summed E-state index contributed by atoms with van der Waals surface area (Å²) in [7, 11) is 1.67. The number of piperidine rings is 1. The van der Waals surface area contributed by atoms with E-state index in [-0.39, 0.29) is 77.2 Å². The highest BCUT2D eigenvalue weighted by Crippen LogP contribution is 2.42. The third-order valence-corrected chi connectivity index (χ3v) is 12.9. The van der Waals surface area contributed by atoms with Crippen molar-refractivity contribution in [2.24, 2.45) is 5.73 Å². The highest BCUT2D eigenvalue weighted by molar-refractivity contribution is 6.35. The first-order chi connectivity index (χ1) is 35.3. The molecule has 4 heterocycles. The first kappa shape index (κ1) is 52.1. The smallest absolute Gasteiger partial charge is 0.314 e. The van der Waals surface area contributed by atoms with E-state index in [4.69, 9.17) is 41.3 Å². The number of phenolic OH excluding ortho intramolecular Hbond substituents is 1. The lowest BCUT2D eigenvalue weighted by molar-refractivity contribution is -0.136. The van der Waals surface area contributed by atoms with Crippen LogP contribution in [-0.2, 0) is 33.3 Å². The molecule has 73 heavy (non-hydrogen) atoms. The molecule has 0 saturated carbocycles. The van der Waals surface area contributed by atoms with Crippen LogP contribution < -0.4 is 26.6 Å². The first-order valence-electron chi connectivity index (χ1n) is 23.9. The number of anilines is 3. The Morgan fingerprint density at radius 2 is 1.52 bits per heavy atom. The standard InChI is InChI=1S/C50H56ClFN10O11/c1-59(18-20-71-22-24-73-26-25-72-23-21-70-19-13-54-37-8-4-7-33-42(37)48(68)62(47(33)67)38-9-10-39(64)56-46(38)66)40(65)11-12-55-50-57-44-35(45(58-50)60-14-16-61(17-15-60)49(53)69)29-36(51)41(43(44)52)34-28-31(63)27-30-5-2-3-6-32(30)34/h2-8,27-29,38,54,63H,9-26H2,1H3,(H2,53,69)(H,55,57,58)(H,56,64,66). The fourth-order valence-electron chi connectivity index (χ4n) is 8.87. The maximum atomic E-state index is 16.9. The molecule has 0 aliphatic carbocycles. The topological polar surface area (TPSA) is 260 Å². The molecular weight excluding hydrogens is 971 g/mol. The number of nitrogens with one attached hydrogen (secondary N) is 3. The number of carbonyl (C=O) groups excluding carboxylic acids is 6. The zero-order valence-corrected chi connectivity index (χ0v) is 40.9. The summed E-state index contributed by atoms with van der Waals surface area (Å²) in [5.74, 6) is -2.71. The largest absolute Gasteiger partial charge is 0.508 e. The summed E-state index contributed by atoms with van der Waals surface area (Å²) in [6.07, 6.45) is 0.197. The van der Waals surface area contributed by atoms with Crippen molar-refractivity contribution < 1.29 is 57.2 Å². The molecule has 1 unspecified atom stereocenters. The lowest BCUT2D eigenvalue weighted by Crippen LogP contribution is -2.54. The van der Waals surface area contributed by atoms with E-state index in [0.717, 1.165) is 4.90 Å². The number of imide groups is 2. The van der Waals surface area contributed by atoms with E-state index in [2.05, 4.69) is 20.9 Å². The number of rotatable bonds is 23. The number of carbonyl (C=O) groups is 6. The van der Waals surface area contributed by atoms with Crippen LogP contribution in [0.5, 0.6) is 5.75 Å². The molecule has 23 heteroatoms. The van der Waals surface area contributed by atoms with Crippen LogP contribution in [0.15, 0.2) is 60.7 Å². The van der Waals surface area contributed by atoms with E-state index >= 15 is 4.39 Å². The zero-order chi connectivity index (χ0) is 51.6. The molecular formula is C50H56ClFN10O11. The highest BCUT2D eigenvalue weighted by atomic mass is 35.5. The van der Waals surface area contributed by atoms with Crippen LogP contribution in [0.25, 0.3) is 32.8 Å². The number of hydrogen-bond acceptors (Lipinski definition) is 16. The fourth-order valence-corrected chi connectivity index (χ4v) is 9.16. The maximum Gasteiger partial charge on any atom is 0.314 e. The number of nitrogens with zero attached hydrogens (tertiary/aromatic N) is 6. The lowest BCUT2D eigenvalue weighted by Gasteiger charge is -2.35.